The van der Waals surface area contributed by atoms with Crippen molar-refractivity contribution < 1.29 is 0 Å². The zero-order valence-electron chi connectivity index (χ0n) is 8.09. The Balaban J connectivity index is 0.000000146. The van der Waals surface area contributed by atoms with Crippen LogP contribution < -0.4 is 5.73 Å². The molecular weight excluding hydrogens is 174 g/mol. The fourth-order valence-electron chi connectivity index (χ4n) is 0.872. The van der Waals surface area contributed by atoms with Gasteiger partial charge in [0.2, 0.25) is 0 Å². The lowest BCUT2D eigenvalue weighted by molar-refractivity contribution is 1.30. The molecule has 0 fully saturated rings. The predicted octanol–water partition coefficient (Wildman–Crippen LogP) is 2.05. The third kappa shape index (κ3) is 4.21. The molecule has 0 amide bonds. The van der Waals surface area contributed by atoms with Gasteiger partial charge in [0, 0.05) is 18.6 Å². The van der Waals surface area contributed by atoms with Gasteiger partial charge in [-0.2, -0.15) is 0 Å². The Hall–Kier alpha value is -1.90. The Bertz CT molecular complexity index is 316. The summed E-state index contributed by atoms with van der Waals surface area (Å²) in [4.78, 5) is 7.60. The molecule has 0 aliphatic rings. The smallest absolute Gasteiger partial charge is 0.123 e. The summed E-state index contributed by atoms with van der Waals surface area (Å²) in [6, 6.07) is 9.46. The first-order chi connectivity index (χ1) is 6.79. The molecule has 0 unspecified atom stereocenters. The number of aryl methyl sites for hydroxylation is 1. The average molecular weight is 187 g/mol. The van der Waals surface area contributed by atoms with E-state index < -0.39 is 0 Å². The van der Waals surface area contributed by atoms with Crippen LogP contribution in [-0.2, 0) is 0 Å². The number of anilines is 1. The molecule has 72 valence electrons. The van der Waals surface area contributed by atoms with Crippen molar-refractivity contribution in [2.24, 2.45) is 0 Å². The minimum Gasteiger partial charge on any atom is -0.384 e. The third-order valence-electron chi connectivity index (χ3n) is 1.50. The van der Waals surface area contributed by atoms with E-state index in [2.05, 4.69) is 9.97 Å². The molecular formula is C11H13N3. The van der Waals surface area contributed by atoms with Crippen LogP contribution in [0, 0.1) is 6.92 Å². The number of aromatic nitrogens is 2. The van der Waals surface area contributed by atoms with Crippen LogP contribution in [0.3, 0.4) is 0 Å². The van der Waals surface area contributed by atoms with E-state index in [0.717, 1.165) is 5.56 Å². The Kier molecular flexibility index (Phi) is 4.14. The predicted molar refractivity (Wildman–Crippen MR) is 57.6 cm³/mol. The maximum atomic E-state index is 5.35. The summed E-state index contributed by atoms with van der Waals surface area (Å²) in [7, 11) is 0. The molecule has 2 rings (SSSR count). The standard InChI is InChI=1S/C6H8N2.C5H5N/c1-5-2-3-8-6(7)4-5;1-2-4-6-5-3-1/h2-4H,1H3,(H2,7,8);1-5H. The molecule has 0 radical (unpaired) electrons. The van der Waals surface area contributed by atoms with Gasteiger partial charge in [-0.25, -0.2) is 4.98 Å². The normalized spacial score (nSPS) is 8.64. The van der Waals surface area contributed by atoms with Crippen LogP contribution in [0.5, 0.6) is 0 Å². The molecule has 3 nitrogen and oxygen atoms in total. The van der Waals surface area contributed by atoms with Gasteiger partial charge in [0.05, 0.1) is 0 Å². The molecule has 2 N–H and O–H groups in total. The summed E-state index contributed by atoms with van der Waals surface area (Å²) >= 11 is 0. The number of nitrogen functional groups attached to an aromatic ring is 1. The highest BCUT2D eigenvalue weighted by Crippen LogP contribution is 1.98. The minimum absolute atomic E-state index is 0.588. The lowest BCUT2D eigenvalue weighted by Gasteiger charge is -1.90. The summed E-state index contributed by atoms with van der Waals surface area (Å²) < 4.78 is 0. The van der Waals surface area contributed by atoms with Gasteiger partial charge >= 0.3 is 0 Å². The number of hydrogen-bond acceptors (Lipinski definition) is 3. The van der Waals surface area contributed by atoms with Crippen molar-refractivity contribution in [3.8, 4) is 0 Å². The lowest BCUT2D eigenvalue weighted by atomic mass is 10.3. The van der Waals surface area contributed by atoms with Crippen LogP contribution >= 0.6 is 0 Å². The molecule has 14 heavy (non-hydrogen) atoms. The lowest BCUT2D eigenvalue weighted by Crippen LogP contribution is -1.87. The maximum Gasteiger partial charge on any atom is 0.123 e. The zero-order valence-corrected chi connectivity index (χ0v) is 8.09. The highest BCUT2D eigenvalue weighted by Gasteiger charge is 1.82. The van der Waals surface area contributed by atoms with Crippen molar-refractivity contribution >= 4 is 5.82 Å². The molecule has 0 spiro atoms. The fourth-order valence-corrected chi connectivity index (χ4v) is 0.872. The van der Waals surface area contributed by atoms with Crippen LogP contribution in [0.1, 0.15) is 5.56 Å². The largest absolute Gasteiger partial charge is 0.384 e. The third-order valence-corrected chi connectivity index (χ3v) is 1.50. The van der Waals surface area contributed by atoms with E-state index in [9.17, 15) is 0 Å². The molecule has 0 bridgehead atoms. The Labute approximate surface area is 83.6 Å². The van der Waals surface area contributed by atoms with Crippen LogP contribution in [0.4, 0.5) is 5.82 Å². The molecule has 0 saturated carbocycles. The van der Waals surface area contributed by atoms with Gasteiger partial charge in [-0.15, -0.1) is 0 Å². The molecule has 0 aliphatic carbocycles. The SMILES string of the molecule is Cc1ccnc(N)c1.c1ccncc1. The fraction of sp³-hybridized carbons (Fsp3) is 0.0909. The first-order valence-corrected chi connectivity index (χ1v) is 4.32. The molecule has 3 heteroatoms. The topological polar surface area (TPSA) is 51.8 Å². The highest BCUT2D eigenvalue weighted by molar-refractivity contribution is 5.30. The van der Waals surface area contributed by atoms with Crippen molar-refractivity contribution in [3.05, 3.63) is 54.5 Å². The Morgan fingerprint density at radius 1 is 1.07 bits per heavy atom. The second-order valence-corrected chi connectivity index (χ2v) is 2.78. The molecule has 0 aliphatic heterocycles. The van der Waals surface area contributed by atoms with Crippen molar-refractivity contribution in [2.75, 3.05) is 5.73 Å². The van der Waals surface area contributed by atoms with Crippen LogP contribution in [0.25, 0.3) is 0 Å². The van der Waals surface area contributed by atoms with E-state index in [4.69, 9.17) is 5.73 Å². The molecule has 2 aromatic rings. The first kappa shape index (κ1) is 10.2. The summed E-state index contributed by atoms with van der Waals surface area (Å²) in [6.07, 6.45) is 5.20. The van der Waals surface area contributed by atoms with Crippen LogP contribution in [0.2, 0.25) is 0 Å². The number of nitrogens with two attached hydrogens (primary N) is 1. The van der Waals surface area contributed by atoms with E-state index in [1.54, 1.807) is 18.6 Å². The summed E-state index contributed by atoms with van der Waals surface area (Å²) in [5, 5.41) is 0. The van der Waals surface area contributed by atoms with E-state index in [-0.39, 0.29) is 0 Å². The Morgan fingerprint density at radius 3 is 2.07 bits per heavy atom. The number of hydrogen-bond donors (Lipinski definition) is 1. The number of nitrogens with zero attached hydrogens (tertiary/aromatic N) is 2. The summed E-state index contributed by atoms with van der Waals surface area (Å²) in [5.41, 5.74) is 6.50. The summed E-state index contributed by atoms with van der Waals surface area (Å²) in [6.45, 7) is 1.98. The van der Waals surface area contributed by atoms with Gasteiger partial charge in [-0.3, -0.25) is 4.98 Å². The molecule has 2 aromatic heterocycles. The van der Waals surface area contributed by atoms with Crippen LogP contribution in [0.15, 0.2) is 48.9 Å². The highest BCUT2D eigenvalue weighted by atomic mass is 14.8. The quantitative estimate of drug-likeness (QED) is 0.686. The van der Waals surface area contributed by atoms with E-state index in [0.29, 0.717) is 5.82 Å². The molecule has 0 atom stereocenters. The maximum absolute atomic E-state index is 5.35. The van der Waals surface area contributed by atoms with Gasteiger partial charge in [0.1, 0.15) is 5.82 Å². The van der Waals surface area contributed by atoms with E-state index in [1.165, 1.54) is 0 Å². The zero-order chi connectivity index (χ0) is 10.2. The van der Waals surface area contributed by atoms with Crippen molar-refractivity contribution in [1.29, 1.82) is 0 Å². The minimum atomic E-state index is 0.588. The van der Waals surface area contributed by atoms with Crippen molar-refractivity contribution in [1.82, 2.24) is 9.97 Å². The monoisotopic (exact) mass is 187 g/mol. The van der Waals surface area contributed by atoms with Crippen molar-refractivity contribution in [2.45, 2.75) is 6.92 Å². The van der Waals surface area contributed by atoms with Gasteiger partial charge in [0.15, 0.2) is 0 Å². The van der Waals surface area contributed by atoms with Gasteiger partial charge in [-0.1, -0.05) is 6.07 Å². The first-order valence-electron chi connectivity index (χ1n) is 4.32. The molecule has 0 saturated heterocycles. The number of rotatable bonds is 0. The van der Waals surface area contributed by atoms with Gasteiger partial charge in [0.25, 0.3) is 0 Å². The van der Waals surface area contributed by atoms with Gasteiger partial charge in [-0.05, 0) is 36.8 Å². The average Bonchev–Trinajstić information content (AvgIpc) is 2.21. The molecule has 0 aromatic carbocycles. The second kappa shape index (κ2) is 5.70. The second-order valence-electron chi connectivity index (χ2n) is 2.78. The van der Waals surface area contributed by atoms with E-state index in [1.807, 2.05) is 37.3 Å². The molecule has 2 heterocycles. The summed E-state index contributed by atoms with van der Waals surface area (Å²) in [5.74, 6) is 0.588. The van der Waals surface area contributed by atoms with Crippen LogP contribution in [-0.4, -0.2) is 9.97 Å². The van der Waals surface area contributed by atoms with Gasteiger partial charge < -0.3 is 5.73 Å². The van der Waals surface area contributed by atoms with E-state index >= 15 is 0 Å². The Morgan fingerprint density at radius 2 is 1.79 bits per heavy atom. The van der Waals surface area contributed by atoms with Crippen molar-refractivity contribution in [3.63, 3.8) is 0 Å². The number of pyridine rings is 2.